The number of rotatable bonds is 5. The number of halogens is 1. The largest absolute Gasteiger partial charge is 0.493 e. The summed E-state index contributed by atoms with van der Waals surface area (Å²) in [7, 11) is 0. The van der Waals surface area contributed by atoms with E-state index in [1.165, 1.54) is 16.7 Å². The van der Waals surface area contributed by atoms with Crippen LogP contribution in [0.5, 0.6) is 5.75 Å². The zero-order valence-corrected chi connectivity index (χ0v) is 19.4. The highest BCUT2D eigenvalue weighted by Crippen LogP contribution is 2.35. The van der Waals surface area contributed by atoms with Crippen LogP contribution in [0.1, 0.15) is 41.5 Å². The number of hydrogen-bond donors (Lipinski definition) is 1. The van der Waals surface area contributed by atoms with Crippen molar-refractivity contribution in [3.05, 3.63) is 82.1 Å². The Bertz CT molecular complexity index is 1340. The van der Waals surface area contributed by atoms with Gasteiger partial charge in [-0.15, -0.1) is 0 Å². The fourth-order valence-electron chi connectivity index (χ4n) is 4.90. The minimum atomic E-state index is 0.00349. The fourth-order valence-corrected chi connectivity index (χ4v) is 5.07. The molecule has 1 fully saturated rings. The van der Waals surface area contributed by atoms with Crippen molar-refractivity contribution in [2.24, 2.45) is 0 Å². The van der Waals surface area contributed by atoms with Crippen molar-refractivity contribution in [1.82, 2.24) is 9.55 Å². The van der Waals surface area contributed by atoms with Crippen LogP contribution in [0.4, 0.5) is 5.69 Å². The van der Waals surface area contributed by atoms with E-state index in [4.69, 9.17) is 26.1 Å². The number of imidazole rings is 1. The lowest BCUT2D eigenvalue weighted by Crippen LogP contribution is -2.10. The Kier molecular flexibility index (Phi) is 5.24. The molecule has 2 aliphatic rings. The van der Waals surface area contributed by atoms with Gasteiger partial charge in [-0.2, -0.15) is 0 Å². The summed E-state index contributed by atoms with van der Waals surface area (Å²) in [5, 5.41) is 4.26. The van der Waals surface area contributed by atoms with E-state index in [0.717, 1.165) is 73.0 Å². The van der Waals surface area contributed by atoms with Crippen molar-refractivity contribution < 1.29 is 9.47 Å². The maximum absolute atomic E-state index is 6.28. The van der Waals surface area contributed by atoms with Crippen LogP contribution in [0.2, 0.25) is 5.02 Å². The minimum absolute atomic E-state index is 0.00349. The van der Waals surface area contributed by atoms with Gasteiger partial charge >= 0.3 is 0 Å². The first-order valence-electron chi connectivity index (χ1n) is 11.6. The number of fused-ring (bicyclic) bond motifs is 2. The molecule has 33 heavy (non-hydrogen) atoms. The molecule has 0 bridgehead atoms. The standard InChI is InChI=1S/C27H26ClN3O2/c1-17-19(16-29-21-9-7-18-11-13-33-26(18)15-21)4-2-5-23(17)31-24-10-8-20(28)14-22(24)30-27(31)25-6-3-12-32-25/h2,4-5,7-10,14-15,25,29H,3,6,11-13,16H2,1H3/t25-/m1/s1. The lowest BCUT2D eigenvalue weighted by atomic mass is 10.1. The first kappa shape index (κ1) is 20.6. The van der Waals surface area contributed by atoms with Gasteiger partial charge in [0.2, 0.25) is 0 Å². The normalized spacial score (nSPS) is 17.3. The van der Waals surface area contributed by atoms with E-state index in [1.54, 1.807) is 0 Å². The summed E-state index contributed by atoms with van der Waals surface area (Å²) in [4.78, 5) is 4.95. The molecule has 1 N–H and O–H groups in total. The smallest absolute Gasteiger partial charge is 0.143 e. The topological polar surface area (TPSA) is 48.3 Å². The van der Waals surface area contributed by atoms with Gasteiger partial charge in [0.1, 0.15) is 17.7 Å². The van der Waals surface area contributed by atoms with E-state index in [2.05, 4.69) is 59.3 Å². The predicted octanol–water partition coefficient (Wildman–Crippen LogP) is 6.39. The summed E-state index contributed by atoms with van der Waals surface area (Å²) in [6.45, 7) is 4.46. The average molecular weight is 460 g/mol. The number of hydrogen-bond acceptors (Lipinski definition) is 4. The van der Waals surface area contributed by atoms with Gasteiger partial charge < -0.3 is 14.8 Å². The van der Waals surface area contributed by atoms with E-state index >= 15 is 0 Å². The van der Waals surface area contributed by atoms with Crippen LogP contribution in [0.15, 0.2) is 54.6 Å². The van der Waals surface area contributed by atoms with Gasteiger partial charge in [0.25, 0.3) is 0 Å². The van der Waals surface area contributed by atoms with Crippen LogP contribution in [-0.4, -0.2) is 22.8 Å². The van der Waals surface area contributed by atoms with Gasteiger partial charge in [-0.05, 0) is 66.8 Å². The van der Waals surface area contributed by atoms with Gasteiger partial charge in [0.15, 0.2) is 0 Å². The molecule has 6 heteroatoms. The molecule has 0 spiro atoms. The highest BCUT2D eigenvalue weighted by molar-refractivity contribution is 6.31. The van der Waals surface area contributed by atoms with Gasteiger partial charge in [-0.1, -0.05) is 29.8 Å². The van der Waals surface area contributed by atoms with E-state index in [9.17, 15) is 0 Å². The molecule has 1 aromatic heterocycles. The zero-order chi connectivity index (χ0) is 22.4. The van der Waals surface area contributed by atoms with E-state index in [0.29, 0.717) is 5.02 Å². The Morgan fingerprint density at radius 2 is 2.06 bits per heavy atom. The van der Waals surface area contributed by atoms with Crippen LogP contribution in [0.25, 0.3) is 16.7 Å². The summed E-state index contributed by atoms with van der Waals surface area (Å²) in [6.07, 6.45) is 3.04. The van der Waals surface area contributed by atoms with Crippen LogP contribution in [0, 0.1) is 6.92 Å². The van der Waals surface area contributed by atoms with Crippen LogP contribution >= 0.6 is 11.6 Å². The third-order valence-electron chi connectivity index (χ3n) is 6.70. The first-order chi connectivity index (χ1) is 16.2. The van der Waals surface area contributed by atoms with Crippen molar-refractivity contribution in [3.63, 3.8) is 0 Å². The van der Waals surface area contributed by atoms with Crippen LogP contribution in [0.3, 0.4) is 0 Å². The number of aromatic nitrogens is 2. The molecule has 168 valence electrons. The number of anilines is 1. The first-order valence-corrected chi connectivity index (χ1v) is 11.9. The molecule has 0 radical (unpaired) electrons. The third kappa shape index (κ3) is 3.75. The van der Waals surface area contributed by atoms with Crippen LogP contribution < -0.4 is 10.1 Å². The van der Waals surface area contributed by atoms with Crippen molar-refractivity contribution in [2.75, 3.05) is 18.5 Å². The second kappa shape index (κ2) is 8.40. The molecule has 1 atom stereocenters. The summed E-state index contributed by atoms with van der Waals surface area (Å²) < 4.78 is 14.0. The van der Waals surface area contributed by atoms with E-state index < -0.39 is 0 Å². The van der Waals surface area contributed by atoms with Gasteiger partial charge in [0.05, 0.1) is 23.3 Å². The highest BCUT2D eigenvalue weighted by atomic mass is 35.5. The number of ether oxygens (including phenoxy) is 2. The third-order valence-corrected chi connectivity index (χ3v) is 6.93. The molecular formula is C27H26ClN3O2. The number of benzene rings is 3. The molecule has 6 rings (SSSR count). The molecule has 5 nitrogen and oxygen atoms in total. The SMILES string of the molecule is Cc1c(CNc2ccc3c(c2)OCC3)cccc1-n1c([C@H]2CCCO2)nc2cc(Cl)ccc21. The molecule has 0 aliphatic carbocycles. The monoisotopic (exact) mass is 459 g/mol. The Morgan fingerprint density at radius 3 is 2.94 bits per heavy atom. The Labute approximate surface area is 198 Å². The maximum Gasteiger partial charge on any atom is 0.143 e. The number of nitrogens with zero attached hydrogens (tertiary/aromatic N) is 2. The lowest BCUT2D eigenvalue weighted by molar-refractivity contribution is 0.104. The molecule has 0 unspecified atom stereocenters. The molecule has 3 aromatic carbocycles. The second-order valence-electron chi connectivity index (χ2n) is 8.78. The van der Waals surface area contributed by atoms with E-state index in [1.807, 2.05) is 12.1 Å². The van der Waals surface area contributed by atoms with Crippen LogP contribution in [-0.2, 0) is 17.7 Å². The van der Waals surface area contributed by atoms with Crippen molar-refractivity contribution in [3.8, 4) is 11.4 Å². The van der Waals surface area contributed by atoms with Crippen molar-refractivity contribution in [2.45, 2.75) is 38.8 Å². The Balaban J connectivity index is 1.37. The summed E-state index contributed by atoms with van der Waals surface area (Å²) in [5.41, 5.74) is 7.89. The fraction of sp³-hybridized carbons (Fsp3) is 0.296. The minimum Gasteiger partial charge on any atom is -0.493 e. The Morgan fingerprint density at radius 1 is 1.12 bits per heavy atom. The summed E-state index contributed by atoms with van der Waals surface area (Å²) in [5.74, 6) is 1.95. The van der Waals surface area contributed by atoms with Gasteiger partial charge in [0, 0.05) is 36.3 Å². The number of nitrogens with one attached hydrogen (secondary N) is 1. The molecule has 2 aliphatic heterocycles. The predicted molar refractivity (Wildman–Crippen MR) is 132 cm³/mol. The quantitative estimate of drug-likeness (QED) is 0.376. The molecule has 3 heterocycles. The van der Waals surface area contributed by atoms with Crippen molar-refractivity contribution in [1.29, 1.82) is 0 Å². The molecule has 1 saturated heterocycles. The second-order valence-corrected chi connectivity index (χ2v) is 9.21. The highest BCUT2D eigenvalue weighted by Gasteiger charge is 2.26. The average Bonchev–Trinajstić information content (AvgIpc) is 3.57. The molecule has 0 saturated carbocycles. The molecular weight excluding hydrogens is 434 g/mol. The van der Waals surface area contributed by atoms with Crippen molar-refractivity contribution >= 4 is 28.3 Å². The van der Waals surface area contributed by atoms with E-state index in [-0.39, 0.29) is 6.10 Å². The summed E-state index contributed by atoms with van der Waals surface area (Å²) in [6, 6.07) is 18.8. The Hall–Kier alpha value is -3.02. The van der Waals surface area contributed by atoms with Gasteiger partial charge in [-0.25, -0.2) is 4.98 Å². The summed E-state index contributed by atoms with van der Waals surface area (Å²) >= 11 is 6.28. The van der Waals surface area contributed by atoms with Gasteiger partial charge in [-0.3, -0.25) is 4.57 Å². The lowest BCUT2D eigenvalue weighted by Gasteiger charge is -2.18. The molecule has 0 amide bonds. The zero-order valence-electron chi connectivity index (χ0n) is 18.6. The molecule has 4 aromatic rings. The maximum atomic E-state index is 6.28.